The summed E-state index contributed by atoms with van der Waals surface area (Å²) in [5.74, 6) is 0.0879. The molecule has 24 heavy (non-hydrogen) atoms. The van der Waals surface area contributed by atoms with Crippen LogP contribution in [-0.2, 0) is 6.54 Å². The monoisotopic (exact) mass is 333 g/mol. The maximum absolute atomic E-state index is 11.8. The fraction of sp³-hybridized carbons (Fsp3) is 0.438. The van der Waals surface area contributed by atoms with Crippen molar-refractivity contribution < 1.29 is 14.0 Å². The molecule has 0 aliphatic rings. The highest BCUT2D eigenvalue weighted by molar-refractivity contribution is 5.92. The number of carbonyl (C=O) groups excluding carboxylic acids is 2. The number of aromatic nitrogens is 2. The highest BCUT2D eigenvalue weighted by atomic mass is 16.3. The molecule has 0 saturated heterocycles. The lowest BCUT2D eigenvalue weighted by Gasteiger charge is -2.15. The van der Waals surface area contributed by atoms with Crippen molar-refractivity contribution in [2.75, 3.05) is 13.1 Å². The highest BCUT2D eigenvalue weighted by Crippen LogP contribution is 2.07. The summed E-state index contributed by atoms with van der Waals surface area (Å²) in [6, 6.07) is 1.50. The number of urea groups is 1. The Bertz CT molecular complexity index is 650. The van der Waals surface area contributed by atoms with Crippen LogP contribution < -0.4 is 16.0 Å². The normalized spacial score (nSPS) is 11.8. The molecule has 0 spiro atoms. The van der Waals surface area contributed by atoms with Crippen molar-refractivity contribution in [2.24, 2.45) is 0 Å². The number of hydrogen-bond donors (Lipinski definition) is 3. The minimum Gasteiger partial charge on any atom is -0.459 e. The first-order valence-electron chi connectivity index (χ1n) is 7.88. The third-order valence-electron chi connectivity index (χ3n) is 3.41. The van der Waals surface area contributed by atoms with Gasteiger partial charge in [-0.1, -0.05) is 0 Å². The first-order valence-corrected chi connectivity index (χ1v) is 7.88. The lowest BCUT2D eigenvalue weighted by molar-refractivity contribution is 0.0925. The number of imidazole rings is 1. The van der Waals surface area contributed by atoms with E-state index in [1.807, 2.05) is 24.6 Å². The molecule has 3 N–H and O–H groups in total. The van der Waals surface area contributed by atoms with Gasteiger partial charge in [0, 0.05) is 43.6 Å². The van der Waals surface area contributed by atoms with Gasteiger partial charge in [-0.05, 0) is 26.3 Å². The molecular weight excluding hydrogens is 310 g/mol. The predicted molar refractivity (Wildman–Crippen MR) is 88.6 cm³/mol. The van der Waals surface area contributed by atoms with Crippen molar-refractivity contribution in [1.29, 1.82) is 0 Å². The Kier molecular flexibility index (Phi) is 6.41. The van der Waals surface area contributed by atoms with Gasteiger partial charge in [-0.15, -0.1) is 0 Å². The Balaban J connectivity index is 1.56. The highest BCUT2D eigenvalue weighted by Gasteiger charge is 2.11. The Morgan fingerprint density at radius 3 is 2.79 bits per heavy atom. The number of carbonyl (C=O) groups is 2. The maximum Gasteiger partial charge on any atom is 0.315 e. The third kappa shape index (κ3) is 5.45. The number of rotatable bonds is 8. The van der Waals surface area contributed by atoms with Crippen molar-refractivity contribution in [2.45, 2.75) is 32.9 Å². The van der Waals surface area contributed by atoms with Crippen LogP contribution in [0.2, 0.25) is 0 Å². The van der Waals surface area contributed by atoms with E-state index in [4.69, 9.17) is 4.42 Å². The molecule has 0 saturated carbocycles. The van der Waals surface area contributed by atoms with Crippen LogP contribution in [0.25, 0.3) is 0 Å². The lowest BCUT2D eigenvalue weighted by atomic mass is 10.2. The quantitative estimate of drug-likeness (QED) is 0.634. The number of aryl methyl sites for hydroxylation is 1. The van der Waals surface area contributed by atoms with Gasteiger partial charge in [0.05, 0.1) is 12.6 Å². The molecule has 130 valence electrons. The van der Waals surface area contributed by atoms with E-state index in [2.05, 4.69) is 20.9 Å². The second kappa shape index (κ2) is 8.76. The molecule has 1 atom stereocenters. The average Bonchev–Trinajstić information content (AvgIpc) is 3.18. The molecule has 3 amide bonds. The number of nitrogens with zero attached hydrogens (tertiary/aromatic N) is 2. The van der Waals surface area contributed by atoms with Gasteiger partial charge < -0.3 is 24.9 Å². The summed E-state index contributed by atoms with van der Waals surface area (Å²) < 4.78 is 7.01. The SMILES string of the molecule is Cc1ccoc1C(=O)NCCCNC(=O)N[C@@H](C)Cn1ccnc1. The summed E-state index contributed by atoms with van der Waals surface area (Å²) in [6.07, 6.45) is 7.38. The van der Waals surface area contributed by atoms with E-state index in [1.54, 1.807) is 18.6 Å². The van der Waals surface area contributed by atoms with E-state index in [0.29, 0.717) is 31.8 Å². The van der Waals surface area contributed by atoms with Crippen molar-refractivity contribution in [3.8, 4) is 0 Å². The summed E-state index contributed by atoms with van der Waals surface area (Å²) in [7, 11) is 0. The smallest absolute Gasteiger partial charge is 0.315 e. The molecule has 0 aliphatic heterocycles. The Morgan fingerprint density at radius 2 is 2.12 bits per heavy atom. The van der Waals surface area contributed by atoms with Crippen LogP contribution in [0, 0.1) is 6.92 Å². The topological polar surface area (TPSA) is 101 Å². The fourth-order valence-corrected chi connectivity index (χ4v) is 2.21. The molecule has 0 radical (unpaired) electrons. The second-order valence-electron chi connectivity index (χ2n) is 5.60. The van der Waals surface area contributed by atoms with Gasteiger partial charge >= 0.3 is 6.03 Å². The molecule has 8 nitrogen and oxygen atoms in total. The van der Waals surface area contributed by atoms with E-state index < -0.39 is 0 Å². The van der Waals surface area contributed by atoms with E-state index in [0.717, 1.165) is 5.56 Å². The van der Waals surface area contributed by atoms with E-state index in [9.17, 15) is 9.59 Å². The van der Waals surface area contributed by atoms with Gasteiger partial charge in [-0.25, -0.2) is 9.78 Å². The summed E-state index contributed by atoms with van der Waals surface area (Å²) in [5, 5.41) is 8.37. The van der Waals surface area contributed by atoms with Crippen LogP contribution in [0.5, 0.6) is 0 Å². The molecule has 2 aromatic rings. The number of nitrogens with one attached hydrogen (secondary N) is 3. The van der Waals surface area contributed by atoms with E-state index in [-0.39, 0.29) is 18.0 Å². The molecule has 2 heterocycles. The van der Waals surface area contributed by atoms with Crippen molar-refractivity contribution in [1.82, 2.24) is 25.5 Å². The summed E-state index contributed by atoms with van der Waals surface area (Å²) in [4.78, 5) is 27.5. The summed E-state index contributed by atoms with van der Waals surface area (Å²) >= 11 is 0. The molecule has 2 rings (SSSR count). The van der Waals surface area contributed by atoms with Crippen molar-refractivity contribution in [3.05, 3.63) is 42.4 Å². The minimum absolute atomic E-state index is 0.0131. The molecule has 0 fully saturated rings. The average molecular weight is 333 g/mol. The second-order valence-corrected chi connectivity index (χ2v) is 5.60. The zero-order valence-electron chi connectivity index (χ0n) is 13.9. The van der Waals surface area contributed by atoms with Gasteiger partial charge in [0.1, 0.15) is 0 Å². The van der Waals surface area contributed by atoms with Gasteiger partial charge in [-0.2, -0.15) is 0 Å². The van der Waals surface area contributed by atoms with E-state index in [1.165, 1.54) is 6.26 Å². The number of hydrogen-bond acceptors (Lipinski definition) is 4. The van der Waals surface area contributed by atoms with Crippen LogP contribution in [0.4, 0.5) is 4.79 Å². The van der Waals surface area contributed by atoms with E-state index >= 15 is 0 Å². The Hall–Kier alpha value is -2.77. The maximum atomic E-state index is 11.8. The van der Waals surface area contributed by atoms with Crippen LogP contribution in [0.1, 0.15) is 29.5 Å². The molecular formula is C16H23N5O3. The van der Waals surface area contributed by atoms with Crippen LogP contribution in [-0.4, -0.2) is 40.6 Å². The van der Waals surface area contributed by atoms with Crippen molar-refractivity contribution >= 4 is 11.9 Å². The number of amides is 3. The molecule has 0 aromatic carbocycles. The van der Waals surface area contributed by atoms with Crippen LogP contribution in [0.15, 0.2) is 35.5 Å². The summed E-state index contributed by atoms with van der Waals surface area (Å²) in [5.41, 5.74) is 0.803. The van der Waals surface area contributed by atoms with Gasteiger partial charge in [0.2, 0.25) is 0 Å². The Morgan fingerprint density at radius 1 is 1.33 bits per heavy atom. The fourth-order valence-electron chi connectivity index (χ4n) is 2.21. The number of furan rings is 1. The molecule has 8 heteroatoms. The largest absolute Gasteiger partial charge is 0.459 e. The lowest BCUT2D eigenvalue weighted by Crippen LogP contribution is -2.43. The summed E-state index contributed by atoms with van der Waals surface area (Å²) in [6.45, 7) is 5.33. The van der Waals surface area contributed by atoms with Gasteiger partial charge in [0.15, 0.2) is 5.76 Å². The zero-order valence-corrected chi connectivity index (χ0v) is 13.9. The molecule has 2 aromatic heterocycles. The zero-order chi connectivity index (χ0) is 17.4. The standard InChI is InChI=1S/C16H23N5O3/c1-12-4-9-24-14(12)15(22)18-5-3-6-19-16(23)20-13(2)10-21-8-7-17-11-21/h4,7-9,11,13H,3,5-6,10H2,1-2H3,(H,18,22)(H2,19,20,23)/t13-/m0/s1. The van der Waals surface area contributed by atoms with Gasteiger partial charge in [-0.3, -0.25) is 4.79 Å². The Labute approximate surface area is 140 Å². The van der Waals surface area contributed by atoms with Crippen LogP contribution >= 0.6 is 0 Å². The first-order chi connectivity index (χ1) is 11.6. The third-order valence-corrected chi connectivity index (χ3v) is 3.41. The molecule has 0 aliphatic carbocycles. The van der Waals surface area contributed by atoms with Gasteiger partial charge in [0.25, 0.3) is 5.91 Å². The first kappa shape index (κ1) is 17.6. The van der Waals surface area contributed by atoms with Crippen molar-refractivity contribution in [3.63, 3.8) is 0 Å². The predicted octanol–water partition coefficient (Wildman–Crippen LogP) is 1.29. The minimum atomic E-state index is -0.240. The molecule has 0 unspecified atom stereocenters. The van der Waals surface area contributed by atoms with Crippen LogP contribution in [0.3, 0.4) is 0 Å². The molecule has 0 bridgehead atoms.